The predicted molar refractivity (Wildman–Crippen MR) is 98.5 cm³/mol. The maximum atomic E-state index is 12.5. The summed E-state index contributed by atoms with van der Waals surface area (Å²) in [7, 11) is 0. The molecule has 1 amide bonds. The van der Waals surface area contributed by atoms with Gasteiger partial charge in [-0.2, -0.15) is 0 Å². The van der Waals surface area contributed by atoms with Gasteiger partial charge in [-0.25, -0.2) is 9.36 Å². The summed E-state index contributed by atoms with van der Waals surface area (Å²) < 4.78 is 0.836. The van der Waals surface area contributed by atoms with Gasteiger partial charge in [0.15, 0.2) is 5.56 Å². The zero-order chi connectivity index (χ0) is 18.8. The summed E-state index contributed by atoms with van der Waals surface area (Å²) in [5.74, 6) is -1.61. The Balaban J connectivity index is 2.16. The highest BCUT2D eigenvalue weighted by Gasteiger charge is 2.22. The molecule has 0 aliphatic carbocycles. The molecule has 1 heterocycles. The summed E-state index contributed by atoms with van der Waals surface area (Å²) in [4.78, 5) is 38.9. The summed E-state index contributed by atoms with van der Waals surface area (Å²) >= 11 is 5.96. The molecule has 8 heteroatoms. The van der Waals surface area contributed by atoms with Crippen molar-refractivity contribution in [2.75, 3.05) is 5.32 Å². The third-order valence-corrected chi connectivity index (χ3v) is 3.99. The van der Waals surface area contributed by atoms with E-state index in [4.69, 9.17) is 11.6 Å². The number of carbonyl (C=O) groups excluding carboxylic acids is 1. The van der Waals surface area contributed by atoms with Crippen molar-refractivity contribution >= 4 is 23.2 Å². The molecule has 0 aliphatic rings. The minimum absolute atomic E-state index is 0.255. The van der Waals surface area contributed by atoms with Crippen LogP contribution in [0.15, 0.2) is 58.1 Å². The van der Waals surface area contributed by atoms with E-state index in [0.29, 0.717) is 16.3 Å². The molecule has 2 aromatic carbocycles. The van der Waals surface area contributed by atoms with Crippen molar-refractivity contribution in [3.8, 4) is 11.6 Å². The molecule has 3 aromatic rings. The molecule has 0 fully saturated rings. The number of aromatic hydroxyl groups is 1. The number of benzene rings is 2. The maximum Gasteiger partial charge on any atom is 0.335 e. The number of aromatic amines is 1. The lowest BCUT2D eigenvalue weighted by Gasteiger charge is -2.13. The molecule has 132 valence electrons. The number of para-hydroxylation sites is 1. The first kappa shape index (κ1) is 17.5. The Morgan fingerprint density at radius 3 is 2.54 bits per heavy atom. The Bertz CT molecular complexity index is 1100. The first-order valence-corrected chi connectivity index (χ1v) is 7.97. The van der Waals surface area contributed by atoms with E-state index in [2.05, 4.69) is 5.32 Å². The average Bonchev–Trinajstić information content (AvgIpc) is 2.58. The zero-order valence-electron chi connectivity index (χ0n) is 13.6. The van der Waals surface area contributed by atoms with Crippen molar-refractivity contribution in [1.82, 2.24) is 9.55 Å². The number of rotatable bonds is 3. The van der Waals surface area contributed by atoms with Crippen LogP contribution in [-0.4, -0.2) is 20.6 Å². The average molecular weight is 372 g/mol. The number of nitrogens with one attached hydrogen (secondary N) is 2. The molecule has 0 aliphatic heterocycles. The number of hydrogen-bond donors (Lipinski definition) is 3. The first-order valence-electron chi connectivity index (χ1n) is 7.59. The van der Waals surface area contributed by atoms with Crippen LogP contribution in [-0.2, 0) is 0 Å². The molecule has 0 spiro atoms. The summed E-state index contributed by atoms with van der Waals surface area (Å²) in [5.41, 5.74) is -1.13. The van der Waals surface area contributed by atoms with Gasteiger partial charge in [-0.15, -0.1) is 0 Å². The van der Waals surface area contributed by atoms with Crippen LogP contribution < -0.4 is 16.6 Å². The number of nitrogens with zero attached hydrogens (tertiary/aromatic N) is 1. The normalized spacial score (nSPS) is 10.5. The van der Waals surface area contributed by atoms with Crippen LogP contribution in [0.3, 0.4) is 0 Å². The topological polar surface area (TPSA) is 104 Å². The molecule has 3 N–H and O–H groups in total. The summed E-state index contributed by atoms with van der Waals surface area (Å²) in [6.07, 6.45) is 0. The highest BCUT2D eigenvalue weighted by molar-refractivity contribution is 6.30. The van der Waals surface area contributed by atoms with Gasteiger partial charge in [-0.1, -0.05) is 35.9 Å². The van der Waals surface area contributed by atoms with Crippen LogP contribution in [0.4, 0.5) is 5.69 Å². The van der Waals surface area contributed by atoms with Crippen LogP contribution in [0.1, 0.15) is 15.9 Å². The maximum absolute atomic E-state index is 12.5. The number of aromatic nitrogens is 2. The number of aryl methyl sites for hydroxylation is 1. The molecule has 7 nitrogen and oxygen atoms in total. The van der Waals surface area contributed by atoms with Gasteiger partial charge in [0.1, 0.15) is 0 Å². The van der Waals surface area contributed by atoms with Crippen molar-refractivity contribution in [2.45, 2.75) is 6.92 Å². The lowest BCUT2D eigenvalue weighted by atomic mass is 10.2. The quantitative estimate of drug-likeness (QED) is 0.657. The Morgan fingerprint density at radius 1 is 1.15 bits per heavy atom. The largest absolute Gasteiger partial charge is 0.493 e. The van der Waals surface area contributed by atoms with Crippen molar-refractivity contribution in [1.29, 1.82) is 0 Å². The lowest BCUT2D eigenvalue weighted by Crippen LogP contribution is -2.34. The summed E-state index contributed by atoms with van der Waals surface area (Å²) in [5, 5.41) is 13.3. The minimum Gasteiger partial charge on any atom is -0.493 e. The third kappa shape index (κ3) is 3.25. The fraction of sp³-hybridized carbons (Fsp3) is 0.0556. The van der Waals surface area contributed by atoms with E-state index in [0.717, 1.165) is 4.57 Å². The van der Waals surface area contributed by atoms with E-state index in [1.165, 1.54) is 6.07 Å². The Morgan fingerprint density at radius 2 is 1.85 bits per heavy atom. The van der Waals surface area contributed by atoms with E-state index < -0.39 is 28.6 Å². The van der Waals surface area contributed by atoms with Crippen molar-refractivity contribution < 1.29 is 9.90 Å². The molecule has 1 aromatic heterocycles. The number of anilines is 1. The molecule has 0 saturated heterocycles. The standard InChI is InChI=1S/C18H14ClN3O4/c1-10-7-8-11(19)9-13(10)22-17(25)14(16(24)21-18(22)26)15(23)20-12-5-3-2-4-6-12/h2-9,25H,1H3,(H,20,23)(H,21,24,26). The number of amides is 1. The molecule has 0 bridgehead atoms. The fourth-order valence-electron chi connectivity index (χ4n) is 2.49. The van der Waals surface area contributed by atoms with Crippen LogP contribution >= 0.6 is 11.6 Å². The number of H-pyrrole nitrogens is 1. The monoisotopic (exact) mass is 371 g/mol. The fourth-order valence-corrected chi connectivity index (χ4v) is 2.66. The number of carbonyl (C=O) groups is 1. The van der Waals surface area contributed by atoms with E-state index in [9.17, 15) is 19.5 Å². The van der Waals surface area contributed by atoms with Gasteiger partial charge in [-0.05, 0) is 36.8 Å². The highest BCUT2D eigenvalue weighted by atomic mass is 35.5. The van der Waals surface area contributed by atoms with E-state index in [1.807, 2.05) is 4.98 Å². The SMILES string of the molecule is Cc1ccc(Cl)cc1-n1c(O)c(C(=O)Nc2ccccc2)c(=O)[nH]c1=O. The molecule has 0 unspecified atom stereocenters. The summed E-state index contributed by atoms with van der Waals surface area (Å²) in [6.45, 7) is 1.70. The van der Waals surface area contributed by atoms with Gasteiger partial charge in [0.2, 0.25) is 5.88 Å². The number of hydrogen-bond acceptors (Lipinski definition) is 4. The molecule has 3 rings (SSSR count). The van der Waals surface area contributed by atoms with Gasteiger partial charge in [0.05, 0.1) is 5.69 Å². The minimum atomic E-state index is -0.989. The van der Waals surface area contributed by atoms with Crippen LogP contribution in [0.25, 0.3) is 5.69 Å². The van der Waals surface area contributed by atoms with Gasteiger partial charge in [0, 0.05) is 10.7 Å². The molecular formula is C18H14ClN3O4. The Hall–Kier alpha value is -3.32. The van der Waals surface area contributed by atoms with Crippen molar-refractivity contribution in [3.05, 3.63) is 85.5 Å². The van der Waals surface area contributed by atoms with E-state index in [1.54, 1.807) is 49.4 Å². The smallest absolute Gasteiger partial charge is 0.335 e. The van der Waals surface area contributed by atoms with Gasteiger partial charge in [-0.3, -0.25) is 14.6 Å². The van der Waals surface area contributed by atoms with E-state index >= 15 is 0 Å². The molecule has 0 radical (unpaired) electrons. The molecule has 26 heavy (non-hydrogen) atoms. The third-order valence-electron chi connectivity index (χ3n) is 3.76. The van der Waals surface area contributed by atoms with Crippen LogP contribution in [0.2, 0.25) is 5.02 Å². The lowest BCUT2D eigenvalue weighted by molar-refractivity contribution is 0.102. The van der Waals surface area contributed by atoms with Gasteiger partial charge < -0.3 is 10.4 Å². The van der Waals surface area contributed by atoms with Gasteiger partial charge in [0.25, 0.3) is 11.5 Å². The first-order chi connectivity index (χ1) is 12.4. The zero-order valence-corrected chi connectivity index (χ0v) is 14.4. The highest BCUT2D eigenvalue weighted by Crippen LogP contribution is 2.23. The second kappa shape index (κ2) is 6.89. The molecular weight excluding hydrogens is 358 g/mol. The van der Waals surface area contributed by atoms with E-state index in [-0.39, 0.29) is 5.69 Å². The summed E-state index contributed by atoms with van der Waals surface area (Å²) in [6, 6.07) is 13.2. The predicted octanol–water partition coefficient (Wildman–Crippen LogP) is 2.45. The Kier molecular flexibility index (Phi) is 4.64. The van der Waals surface area contributed by atoms with Crippen LogP contribution in [0, 0.1) is 6.92 Å². The van der Waals surface area contributed by atoms with Crippen molar-refractivity contribution in [2.24, 2.45) is 0 Å². The molecule has 0 atom stereocenters. The second-order valence-electron chi connectivity index (χ2n) is 5.54. The molecule has 0 saturated carbocycles. The Labute approximate surface area is 152 Å². The van der Waals surface area contributed by atoms with Gasteiger partial charge >= 0.3 is 5.69 Å². The van der Waals surface area contributed by atoms with Crippen molar-refractivity contribution in [3.63, 3.8) is 0 Å². The van der Waals surface area contributed by atoms with Crippen LogP contribution in [0.5, 0.6) is 5.88 Å². The second-order valence-corrected chi connectivity index (χ2v) is 5.98. The number of halogens is 1.